The van der Waals surface area contributed by atoms with Gasteiger partial charge in [-0.3, -0.25) is 0 Å². The van der Waals surface area contributed by atoms with Crippen LogP contribution in [-0.4, -0.2) is 36.1 Å². The van der Waals surface area contributed by atoms with Crippen LogP contribution in [-0.2, 0) is 0 Å². The molecule has 0 aromatic rings. The number of hydrogen-bond acceptors (Lipinski definition) is 2. The molecule has 3 aliphatic rings. The second kappa shape index (κ2) is 6.20. The third-order valence-corrected chi connectivity index (χ3v) is 6.73. The van der Waals surface area contributed by atoms with Crippen molar-refractivity contribution in [1.29, 1.82) is 0 Å². The highest BCUT2D eigenvalue weighted by Gasteiger charge is 2.43. The predicted molar refractivity (Wildman–Crippen MR) is 90.5 cm³/mol. The summed E-state index contributed by atoms with van der Waals surface area (Å²) in [6.07, 6.45) is 10.0. The maximum atomic E-state index is 4.18. The first-order valence-electron chi connectivity index (χ1n) is 9.47. The maximum Gasteiger partial charge on any atom is 0.0151 e. The number of piperidine rings is 1. The maximum absolute atomic E-state index is 4.18. The Bertz CT molecular complexity index is 335. The molecule has 1 saturated heterocycles. The van der Waals surface area contributed by atoms with E-state index in [-0.39, 0.29) is 0 Å². The van der Waals surface area contributed by atoms with Crippen LogP contribution in [0.1, 0.15) is 72.6 Å². The molecule has 2 bridgehead atoms. The van der Waals surface area contributed by atoms with Gasteiger partial charge in [0.2, 0.25) is 0 Å². The van der Waals surface area contributed by atoms with Gasteiger partial charge in [-0.15, -0.1) is 0 Å². The molecule has 2 aliphatic carbocycles. The molecule has 0 spiro atoms. The normalized spacial score (nSPS) is 40.4. The lowest BCUT2D eigenvalue weighted by atomic mass is 9.69. The molecule has 3 rings (SSSR count). The second-order valence-electron chi connectivity index (χ2n) is 8.98. The van der Waals surface area contributed by atoms with E-state index < -0.39 is 0 Å². The average molecular weight is 293 g/mol. The average Bonchev–Trinajstić information content (AvgIpc) is 2.40. The van der Waals surface area contributed by atoms with E-state index in [1.165, 1.54) is 58.0 Å². The van der Waals surface area contributed by atoms with Crippen LogP contribution in [0.15, 0.2) is 0 Å². The quantitative estimate of drug-likeness (QED) is 0.844. The zero-order valence-corrected chi connectivity index (χ0v) is 14.7. The highest BCUT2D eigenvalue weighted by molar-refractivity contribution is 4.99. The summed E-state index contributed by atoms with van der Waals surface area (Å²) >= 11 is 0. The Hall–Kier alpha value is -0.0800. The first-order chi connectivity index (χ1) is 9.97. The molecule has 0 amide bonds. The highest BCUT2D eigenvalue weighted by Crippen LogP contribution is 2.40. The van der Waals surface area contributed by atoms with Crippen LogP contribution in [0.5, 0.6) is 0 Å². The molecular formula is C19H36N2. The van der Waals surface area contributed by atoms with Crippen LogP contribution < -0.4 is 5.32 Å². The Morgan fingerprint density at radius 1 is 0.952 bits per heavy atom. The molecule has 0 aromatic carbocycles. The van der Waals surface area contributed by atoms with E-state index >= 15 is 0 Å². The zero-order chi connectivity index (χ0) is 15.0. The standard InChI is InChI=1S/C19H36N2/c1-14(2)21-12-15-8-7-9-16(13-21)18(15)20-17-10-5-6-11-19(17,3)4/h14-18,20H,5-13H2,1-4H3. The lowest BCUT2D eigenvalue weighted by Gasteiger charge is -2.52. The van der Waals surface area contributed by atoms with Crippen LogP contribution in [0, 0.1) is 17.3 Å². The summed E-state index contributed by atoms with van der Waals surface area (Å²) in [6.45, 7) is 12.4. The Labute approximate surface area is 132 Å². The fourth-order valence-electron chi connectivity index (χ4n) is 5.20. The van der Waals surface area contributed by atoms with Gasteiger partial charge in [-0.05, 0) is 56.8 Å². The van der Waals surface area contributed by atoms with E-state index in [1.54, 1.807) is 0 Å². The largest absolute Gasteiger partial charge is 0.310 e. The SMILES string of the molecule is CC(C)N1CC2CCCC(C1)C2NC1CCCCC1(C)C. The van der Waals surface area contributed by atoms with Crippen molar-refractivity contribution >= 4 is 0 Å². The minimum atomic E-state index is 0.502. The predicted octanol–water partition coefficient (Wildman–Crippen LogP) is 4.05. The summed E-state index contributed by atoms with van der Waals surface area (Å²) in [4.78, 5) is 2.73. The molecule has 1 aliphatic heterocycles. The Morgan fingerprint density at radius 3 is 2.19 bits per heavy atom. The number of fused-ring (bicyclic) bond motifs is 2. The van der Waals surface area contributed by atoms with Crippen molar-refractivity contribution in [3.63, 3.8) is 0 Å². The second-order valence-corrected chi connectivity index (χ2v) is 8.98. The van der Waals surface area contributed by atoms with Crippen molar-refractivity contribution in [2.24, 2.45) is 17.3 Å². The molecule has 2 nitrogen and oxygen atoms in total. The minimum absolute atomic E-state index is 0.502. The van der Waals surface area contributed by atoms with Gasteiger partial charge < -0.3 is 10.2 Å². The molecule has 0 radical (unpaired) electrons. The smallest absolute Gasteiger partial charge is 0.0151 e. The van der Waals surface area contributed by atoms with Gasteiger partial charge in [0.1, 0.15) is 0 Å². The Balaban J connectivity index is 1.68. The molecule has 3 atom stereocenters. The Morgan fingerprint density at radius 2 is 1.62 bits per heavy atom. The summed E-state index contributed by atoms with van der Waals surface area (Å²) in [7, 11) is 0. The molecule has 21 heavy (non-hydrogen) atoms. The summed E-state index contributed by atoms with van der Waals surface area (Å²) in [6, 6.07) is 2.28. The molecule has 1 heterocycles. The van der Waals surface area contributed by atoms with Crippen molar-refractivity contribution in [3.8, 4) is 0 Å². The van der Waals surface area contributed by atoms with E-state index in [2.05, 4.69) is 37.9 Å². The van der Waals surface area contributed by atoms with Crippen molar-refractivity contribution in [3.05, 3.63) is 0 Å². The summed E-state index contributed by atoms with van der Waals surface area (Å²) < 4.78 is 0. The number of hydrogen-bond donors (Lipinski definition) is 1. The summed E-state index contributed by atoms with van der Waals surface area (Å²) in [5, 5.41) is 4.18. The fourth-order valence-corrected chi connectivity index (χ4v) is 5.20. The summed E-state index contributed by atoms with van der Waals surface area (Å²) in [5.74, 6) is 1.80. The monoisotopic (exact) mass is 292 g/mol. The number of nitrogens with one attached hydrogen (secondary N) is 1. The molecule has 2 saturated carbocycles. The van der Waals surface area contributed by atoms with Gasteiger partial charge >= 0.3 is 0 Å². The van der Waals surface area contributed by atoms with E-state index in [9.17, 15) is 0 Å². The minimum Gasteiger partial charge on any atom is -0.310 e. The molecular weight excluding hydrogens is 256 g/mol. The van der Waals surface area contributed by atoms with Gasteiger partial charge in [0.25, 0.3) is 0 Å². The van der Waals surface area contributed by atoms with E-state index in [0.717, 1.165) is 30.0 Å². The molecule has 1 N–H and O–H groups in total. The Kier molecular flexibility index (Phi) is 4.66. The third kappa shape index (κ3) is 3.32. The van der Waals surface area contributed by atoms with E-state index in [0.29, 0.717) is 5.41 Å². The van der Waals surface area contributed by atoms with Crippen molar-refractivity contribution in [2.75, 3.05) is 13.1 Å². The fraction of sp³-hybridized carbons (Fsp3) is 1.00. The number of rotatable bonds is 3. The zero-order valence-electron chi connectivity index (χ0n) is 14.7. The first-order valence-corrected chi connectivity index (χ1v) is 9.47. The molecule has 2 heteroatoms. The van der Waals surface area contributed by atoms with E-state index in [4.69, 9.17) is 0 Å². The molecule has 122 valence electrons. The van der Waals surface area contributed by atoms with Gasteiger partial charge in [0.05, 0.1) is 0 Å². The van der Waals surface area contributed by atoms with Gasteiger partial charge in [0.15, 0.2) is 0 Å². The molecule has 3 unspecified atom stereocenters. The first kappa shape index (κ1) is 15.8. The highest BCUT2D eigenvalue weighted by atomic mass is 15.2. The van der Waals surface area contributed by atoms with Gasteiger partial charge in [-0.1, -0.05) is 33.1 Å². The van der Waals surface area contributed by atoms with Gasteiger partial charge in [-0.25, -0.2) is 0 Å². The van der Waals surface area contributed by atoms with E-state index in [1.807, 2.05) is 0 Å². The van der Waals surface area contributed by atoms with Crippen LogP contribution in [0.4, 0.5) is 0 Å². The van der Waals surface area contributed by atoms with Crippen molar-refractivity contribution in [2.45, 2.75) is 90.8 Å². The summed E-state index contributed by atoms with van der Waals surface area (Å²) in [5.41, 5.74) is 0.502. The molecule has 3 fully saturated rings. The van der Waals surface area contributed by atoms with Gasteiger partial charge in [0, 0.05) is 31.2 Å². The number of nitrogens with zero attached hydrogens (tertiary/aromatic N) is 1. The lowest BCUT2D eigenvalue weighted by Crippen LogP contribution is -2.62. The van der Waals surface area contributed by atoms with Gasteiger partial charge in [-0.2, -0.15) is 0 Å². The van der Waals surface area contributed by atoms with Crippen LogP contribution in [0.2, 0.25) is 0 Å². The molecule has 0 aromatic heterocycles. The number of likely N-dealkylation sites (tertiary alicyclic amines) is 1. The van der Waals surface area contributed by atoms with Crippen LogP contribution in [0.25, 0.3) is 0 Å². The van der Waals surface area contributed by atoms with Crippen molar-refractivity contribution in [1.82, 2.24) is 10.2 Å². The third-order valence-electron chi connectivity index (χ3n) is 6.73. The van der Waals surface area contributed by atoms with Crippen LogP contribution in [0.3, 0.4) is 0 Å². The van der Waals surface area contributed by atoms with Crippen LogP contribution >= 0.6 is 0 Å². The lowest BCUT2D eigenvalue weighted by molar-refractivity contribution is 0.0113. The topological polar surface area (TPSA) is 15.3 Å². The van der Waals surface area contributed by atoms with Crippen molar-refractivity contribution < 1.29 is 0 Å².